The molecule has 0 amide bonds. The molecule has 0 aromatic carbocycles. The van der Waals surface area contributed by atoms with Gasteiger partial charge >= 0.3 is 0 Å². The minimum Gasteiger partial charge on any atom is -0.0816 e. The van der Waals surface area contributed by atoms with Crippen LogP contribution in [0.1, 0.15) is 59.3 Å². The summed E-state index contributed by atoms with van der Waals surface area (Å²) in [6, 6.07) is 0. The molecule has 0 aliphatic heterocycles. The van der Waals surface area contributed by atoms with Crippen LogP contribution in [-0.4, -0.2) is 0 Å². The molecule has 2 aliphatic carbocycles. The second kappa shape index (κ2) is 5.21. The van der Waals surface area contributed by atoms with E-state index in [0.29, 0.717) is 0 Å². The predicted octanol–water partition coefficient (Wildman–Crippen LogP) is 5.12. The van der Waals surface area contributed by atoms with Gasteiger partial charge in [0.1, 0.15) is 0 Å². The molecule has 0 spiro atoms. The molecule has 0 nitrogen and oxygen atoms in total. The molecule has 0 aromatic rings. The maximum atomic E-state index is 2.57. The van der Waals surface area contributed by atoms with Crippen molar-refractivity contribution in [2.45, 2.75) is 59.3 Å². The minimum atomic E-state index is 0.878. The van der Waals surface area contributed by atoms with E-state index in [9.17, 15) is 0 Å². The van der Waals surface area contributed by atoms with Crippen LogP contribution >= 0.6 is 0 Å². The van der Waals surface area contributed by atoms with E-state index in [0.717, 1.165) is 17.8 Å². The van der Waals surface area contributed by atoms with Crippen molar-refractivity contribution in [1.29, 1.82) is 0 Å². The number of allylic oxidation sites excluding steroid dienone is 4. The van der Waals surface area contributed by atoms with Crippen LogP contribution in [0.3, 0.4) is 0 Å². The van der Waals surface area contributed by atoms with Gasteiger partial charge in [-0.2, -0.15) is 0 Å². The van der Waals surface area contributed by atoms with Gasteiger partial charge in [0.05, 0.1) is 0 Å². The zero-order valence-corrected chi connectivity index (χ0v) is 11.1. The maximum absolute atomic E-state index is 2.57. The molecule has 16 heavy (non-hydrogen) atoms. The first kappa shape index (κ1) is 12.0. The van der Waals surface area contributed by atoms with Gasteiger partial charge in [0.2, 0.25) is 0 Å². The molecule has 0 saturated heterocycles. The van der Waals surface area contributed by atoms with E-state index in [4.69, 9.17) is 0 Å². The zero-order valence-electron chi connectivity index (χ0n) is 11.1. The van der Waals surface area contributed by atoms with Gasteiger partial charge in [-0.1, -0.05) is 50.5 Å². The first-order chi connectivity index (χ1) is 7.74. The zero-order chi connectivity index (χ0) is 11.5. The van der Waals surface area contributed by atoms with Crippen LogP contribution in [-0.2, 0) is 0 Å². The van der Waals surface area contributed by atoms with E-state index in [1.807, 2.05) is 0 Å². The van der Waals surface area contributed by atoms with E-state index in [1.165, 1.54) is 38.5 Å². The third kappa shape index (κ3) is 2.78. The molecular formula is C16H26. The fourth-order valence-electron chi connectivity index (χ4n) is 2.85. The lowest BCUT2D eigenvalue weighted by Crippen LogP contribution is -2.22. The van der Waals surface area contributed by atoms with Gasteiger partial charge in [0.25, 0.3) is 0 Å². The molecule has 0 N–H and O–H groups in total. The Bertz CT molecular complexity index is 295. The highest BCUT2D eigenvalue weighted by Gasteiger charge is 2.28. The molecular weight excluding hydrogens is 192 g/mol. The van der Waals surface area contributed by atoms with E-state index >= 15 is 0 Å². The molecule has 2 rings (SSSR count). The van der Waals surface area contributed by atoms with Crippen LogP contribution in [0.15, 0.2) is 23.3 Å². The normalized spacial score (nSPS) is 26.6. The fourth-order valence-corrected chi connectivity index (χ4v) is 2.85. The molecule has 3 unspecified atom stereocenters. The number of rotatable bonds is 7. The topological polar surface area (TPSA) is 0 Å². The first-order valence-corrected chi connectivity index (χ1v) is 7.13. The summed E-state index contributed by atoms with van der Waals surface area (Å²) in [5, 5.41) is 0. The Balaban J connectivity index is 1.89. The van der Waals surface area contributed by atoms with Crippen molar-refractivity contribution >= 4 is 0 Å². The second-order valence-corrected chi connectivity index (χ2v) is 5.71. The lowest BCUT2D eigenvalue weighted by molar-refractivity contribution is 0.338. The third-order valence-electron chi connectivity index (χ3n) is 4.55. The molecule has 3 atom stereocenters. The Labute approximate surface area is 101 Å². The van der Waals surface area contributed by atoms with Crippen molar-refractivity contribution in [3.63, 3.8) is 0 Å². The van der Waals surface area contributed by atoms with Crippen LogP contribution in [0.4, 0.5) is 0 Å². The number of hydrogen-bond acceptors (Lipinski definition) is 0. The van der Waals surface area contributed by atoms with Crippen LogP contribution in [0.25, 0.3) is 0 Å². The van der Waals surface area contributed by atoms with E-state index in [1.54, 1.807) is 11.1 Å². The lowest BCUT2D eigenvalue weighted by Gasteiger charge is -2.34. The van der Waals surface area contributed by atoms with Crippen molar-refractivity contribution in [3.8, 4) is 0 Å². The van der Waals surface area contributed by atoms with Gasteiger partial charge in [-0.05, 0) is 49.9 Å². The highest BCUT2D eigenvalue weighted by molar-refractivity contribution is 5.24. The van der Waals surface area contributed by atoms with Crippen molar-refractivity contribution < 1.29 is 0 Å². The van der Waals surface area contributed by atoms with Crippen LogP contribution in [0, 0.1) is 17.8 Å². The Morgan fingerprint density at radius 2 is 2.06 bits per heavy atom. The van der Waals surface area contributed by atoms with Crippen molar-refractivity contribution in [2.75, 3.05) is 0 Å². The van der Waals surface area contributed by atoms with Crippen LogP contribution < -0.4 is 0 Å². The average Bonchev–Trinajstić information content (AvgIpc) is 3.03. The smallest absolute Gasteiger partial charge is 0.0136 e. The summed E-state index contributed by atoms with van der Waals surface area (Å²) in [5.74, 6) is 2.67. The molecule has 2 aliphatic rings. The van der Waals surface area contributed by atoms with Gasteiger partial charge in [-0.25, -0.2) is 0 Å². The molecule has 0 radical (unpaired) electrons. The van der Waals surface area contributed by atoms with Gasteiger partial charge in [0.15, 0.2) is 0 Å². The van der Waals surface area contributed by atoms with Gasteiger partial charge in [0, 0.05) is 0 Å². The fraction of sp³-hybridized carbons (Fsp3) is 0.750. The molecule has 0 heterocycles. The second-order valence-electron chi connectivity index (χ2n) is 5.71. The molecule has 0 heteroatoms. The predicted molar refractivity (Wildman–Crippen MR) is 71.4 cm³/mol. The maximum Gasteiger partial charge on any atom is -0.0136 e. The molecule has 0 aromatic heterocycles. The Hall–Kier alpha value is -0.520. The van der Waals surface area contributed by atoms with Gasteiger partial charge in [-0.15, -0.1) is 0 Å². The Kier molecular flexibility index (Phi) is 3.89. The van der Waals surface area contributed by atoms with Gasteiger partial charge < -0.3 is 0 Å². The standard InChI is InChI=1S/C16H26/c1-4-12(3)16(9-8-14-6-7-14)15-10-13(5-2)11-15/h6,10,12-13,16H,4-5,7-9,11H2,1-3H3. The number of hydrogen-bond donors (Lipinski definition) is 0. The van der Waals surface area contributed by atoms with Crippen molar-refractivity contribution in [3.05, 3.63) is 23.3 Å². The third-order valence-corrected chi connectivity index (χ3v) is 4.55. The largest absolute Gasteiger partial charge is 0.0816 e. The summed E-state index contributed by atoms with van der Waals surface area (Å²) in [5.41, 5.74) is 3.49. The first-order valence-electron chi connectivity index (χ1n) is 7.13. The monoisotopic (exact) mass is 218 g/mol. The van der Waals surface area contributed by atoms with Crippen molar-refractivity contribution in [2.24, 2.45) is 17.8 Å². The summed E-state index contributed by atoms with van der Waals surface area (Å²) in [6.07, 6.45) is 13.1. The Morgan fingerprint density at radius 3 is 2.56 bits per heavy atom. The summed E-state index contributed by atoms with van der Waals surface area (Å²) >= 11 is 0. The van der Waals surface area contributed by atoms with Crippen LogP contribution in [0.2, 0.25) is 0 Å². The van der Waals surface area contributed by atoms with Crippen LogP contribution in [0.5, 0.6) is 0 Å². The molecule has 0 saturated carbocycles. The molecule has 0 bridgehead atoms. The SMILES string of the molecule is CCC1C=C(C(CCC2=CC2)C(C)CC)C1. The Morgan fingerprint density at radius 1 is 1.38 bits per heavy atom. The molecule has 90 valence electrons. The molecule has 0 fully saturated rings. The average molecular weight is 218 g/mol. The summed E-state index contributed by atoms with van der Waals surface area (Å²) in [7, 11) is 0. The van der Waals surface area contributed by atoms with E-state index in [-0.39, 0.29) is 0 Å². The van der Waals surface area contributed by atoms with E-state index in [2.05, 4.69) is 32.9 Å². The quantitative estimate of drug-likeness (QED) is 0.521. The summed E-state index contributed by atoms with van der Waals surface area (Å²) in [4.78, 5) is 0. The highest BCUT2D eigenvalue weighted by atomic mass is 14.3. The van der Waals surface area contributed by atoms with E-state index < -0.39 is 0 Å². The minimum absolute atomic E-state index is 0.878. The summed E-state index contributed by atoms with van der Waals surface area (Å²) < 4.78 is 0. The summed E-state index contributed by atoms with van der Waals surface area (Å²) in [6.45, 7) is 7.09. The van der Waals surface area contributed by atoms with Crippen molar-refractivity contribution in [1.82, 2.24) is 0 Å². The lowest BCUT2D eigenvalue weighted by atomic mass is 9.71. The van der Waals surface area contributed by atoms with Gasteiger partial charge in [-0.3, -0.25) is 0 Å². The highest BCUT2D eigenvalue weighted by Crippen LogP contribution is 2.41.